The van der Waals surface area contributed by atoms with Crippen LogP contribution in [0.25, 0.3) is 21.9 Å². The number of hydrogen-bond acceptors (Lipinski definition) is 3. The van der Waals surface area contributed by atoms with Crippen LogP contribution in [-0.4, -0.2) is 46.0 Å². The minimum absolute atomic E-state index is 0.0155. The standard InChI is InChI=1S/C24H29N5O/c1-17-26-22-15-19(10-11-23(22)29(17)14-6-13-28(2)3)27-24(30)12-9-18-16-25-21-8-5-4-7-20(18)21/h4-5,7-8,10-11,15-16,25H,6,9,12-14H2,1-3H3,(H,27,30). The highest BCUT2D eigenvalue weighted by atomic mass is 16.1. The number of hydrogen-bond donors (Lipinski definition) is 2. The summed E-state index contributed by atoms with van der Waals surface area (Å²) in [7, 11) is 4.18. The smallest absolute Gasteiger partial charge is 0.224 e. The zero-order valence-corrected chi connectivity index (χ0v) is 17.9. The van der Waals surface area contributed by atoms with Gasteiger partial charge in [0, 0.05) is 35.8 Å². The first kappa shape index (κ1) is 20.2. The van der Waals surface area contributed by atoms with Crippen LogP contribution in [0.2, 0.25) is 0 Å². The summed E-state index contributed by atoms with van der Waals surface area (Å²) in [6.45, 7) is 4.02. The summed E-state index contributed by atoms with van der Waals surface area (Å²) >= 11 is 0. The lowest BCUT2D eigenvalue weighted by atomic mass is 10.1. The molecule has 2 heterocycles. The van der Waals surface area contributed by atoms with Crippen molar-refractivity contribution >= 4 is 33.5 Å². The Kier molecular flexibility index (Phi) is 5.86. The molecule has 6 heteroatoms. The molecule has 0 fully saturated rings. The molecule has 0 bridgehead atoms. The molecule has 0 radical (unpaired) electrons. The number of aromatic nitrogens is 3. The van der Waals surface area contributed by atoms with Gasteiger partial charge in [0.1, 0.15) is 5.82 Å². The first-order chi connectivity index (χ1) is 14.5. The predicted molar refractivity (Wildman–Crippen MR) is 123 cm³/mol. The van der Waals surface area contributed by atoms with Crippen LogP contribution in [0.1, 0.15) is 24.2 Å². The third kappa shape index (κ3) is 4.39. The number of carbonyl (C=O) groups excluding carboxylic acids is 1. The number of fused-ring (bicyclic) bond motifs is 2. The van der Waals surface area contributed by atoms with Crippen molar-refractivity contribution in [2.75, 3.05) is 26.0 Å². The van der Waals surface area contributed by atoms with Gasteiger partial charge in [-0.2, -0.15) is 0 Å². The van der Waals surface area contributed by atoms with Crippen LogP contribution in [0.5, 0.6) is 0 Å². The van der Waals surface area contributed by atoms with E-state index < -0.39 is 0 Å². The van der Waals surface area contributed by atoms with E-state index in [2.05, 4.69) is 52.1 Å². The lowest BCUT2D eigenvalue weighted by molar-refractivity contribution is -0.116. The molecule has 0 aliphatic rings. The Bertz CT molecular complexity index is 1170. The van der Waals surface area contributed by atoms with Gasteiger partial charge in [-0.1, -0.05) is 18.2 Å². The first-order valence-corrected chi connectivity index (χ1v) is 10.5. The fourth-order valence-electron chi connectivity index (χ4n) is 3.97. The number of benzene rings is 2. The van der Waals surface area contributed by atoms with Crippen molar-refractivity contribution < 1.29 is 4.79 Å². The Hall–Kier alpha value is -3.12. The van der Waals surface area contributed by atoms with Gasteiger partial charge in [-0.05, 0) is 70.2 Å². The molecule has 30 heavy (non-hydrogen) atoms. The Labute approximate surface area is 176 Å². The van der Waals surface area contributed by atoms with Crippen LogP contribution in [0.4, 0.5) is 5.69 Å². The van der Waals surface area contributed by atoms with E-state index in [0.717, 1.165) is 47.6 Å². The Morgan fingerprint density at radius 2 is 2.03 bits per heavy atom. The molecular formula is C24H29N5O. The van der Waals surface area contributed by atoms with Gasteiger partial charge >= 0.3 is 0 Å². The van der Waals surface area contributed by atoms with E-state index in [-0.39, 0.29) is 5.91 Å². The second-order valence-corrected chi connectivity index (χ2v) is 8.08. The summed E-state index contributed by atoms with van der Waals surface area (Å²) in [6.07, 6.45) is 4.22. The van der Waals surface area contributed by atoms with Gasteiger partial charge in [-0.15, -0.1) is 0 Å². The van der Waals surface area contributed by atoms with Crippen LogP contribution >= 0.6 is 0 Å². The third-order valence-corrected chi connectivity index (χ3v) is 5.51. The normalized spacial score (nSPS) is 11.6. The molecule has 2 aromatic carbocycles. The van der Waals surface area contributed by atoms with Crippen molar-refractivity contribution in [3.05, 3.63) is 60.0 Å². The molecular weight excluding hydrogens is 374 g/mol. The summed E-state index contributed by atoms with van der Waals surface area (Å²) in [6, 6.07) is 14.2. The SMILES string of the molecule is Cc1nc2cc(NC(=O)CCc3c[nH]c4ccccc34)ccc2n1CCCN(C)C. The van der Waals surface area contributed by atoms with Gasteiger partial charge in [0.05, 0.1) is 11.0 Å². The lowest BCUT2D eigenvalue weighted by Gasteiger charge is -2.11. The van der Waals surface area contributed by atoms with Crippen molar-refractivity contribution in [1.82, 2.24) is 19.4 Å². The van der Waals surface area contributed by atoms with Crippen LogP contribution in [0.3, 0.4) is 0 Å². The van der Waals surface area contributed by atoms with Crippen molar-refractivity contribution in [2.24, 2.45) is 0 Å². The second-order valence-electron chi connectivity index (χ2n) is 8.08. The van der Waals surface area contributed by atoms with E-state index in [1.165, 1.54) is 10.9 Å². The number of nitrogens with one attached hydrogen (secondary N) is 2. The Balaban J connectivity index is 1.40. The number of aryl methyl sites for hydroxylation is 3. The lowest BCUT2D eigenvalue weighted by Crippen LogP contribution is -2.15. The van der Waals surface area contributed by atoms with Crippen molar-refractivity contribution in [3.8, 4) is 0 Å². The van der Waals surface area contributed by atoms with Crippen molar-refractivity contribution in [1.29, 1.82) is 0 Å². The fourth-order valence-corrected chi connectivity index (χ4v) is 3.97. The average molecular weight is 404 g/mol. The molecule has 1 amide bonds. The summed E-state index contributed by atoms with van der Waals surface area (Å²) in [4.78, 5) is 22.7. The molecule has 0 saturated carbocycles. The molecule has 4 rings (SSSR count). The zero-order chi connectivity index (χ0) is 21.1. The van der Waals surface area contributed by atoms with E-state index in [4.69, 9.17) is 4.98 Å². The highest BCUT2D eigenvalue weighted by Crippen LogP contribution is 2.22. The maximum atomic E-state index is 12.5. The van der Waals surface area contributed by atoms with E-state index in [1.807, 2.05) is 37.4 Å². The zero-order valence-electron chi connectivity index (χ0n) is 17.9. The molecule has 0 saturated heterocycles. The number of amides is 1. The fraction of sp³-hybridized carbons (Fsp3) is 0.333. The largest absolute Gasteiger partial charge is 0.361 e. The Morgan fingerprint density at radius 1 is 1.20 bits per heavy atom. The molecule has 0 aliphatic carbocycles. The average Bonchev–Trinajstić information content (AvgIpc) is 3.26. The van der Waals surface area contributed by atoms with Crippen LogP contribution in [0.15, 0.2) is 48.7 Å². The quantitative estimate of drug-likeness (QED) is 0.460. The molecule has 2 aromatic heterocycles. The number of carbonyl (C=O) groups is 1. The highest BCUT2D eigenvalue weighted by molar-refractivity contribution is 5.93. The number of nitrogens with zero attached hydrogens (tertiary/aromatic N) is 3. The third-order valence-electron chi connectivity index (χ3n) is 5.51. The van der Waals surface area contributed by atoms with Crippen LogP contribution in [0, 0.1) is 6.92 Å². The topological polar surface area (TPSA) is 66.0 Å². The maximum Gasteiger partial charge on any atom is 0.224 e. The van der Waals surface area contributed by atoms with Gasteiger partial charge in [0.2, 0.25) is 5.91 Å². The second kappa shape index (κ2) is 8.71. The van der Waals surface area contributed by atoms with Crippen LogP contribution in [-0.2, 0) is 17.8 Å². The number of anilines is 1. The van der Waals surface area contributed by atoms with Gasteiger partial charge in [0.25, 0.3) is 0 Å². The number of para-hydroxylation sites is 1. The van der Waals surface area contributed by atoms with Gasteiger partial charge in [0.15, 0.2) is 0 Å². The molecule has 156 valence electrons. The van der Waals surface area contributed by atoms with E-state index in [0.29, 0.717) is 12.8 Å². The predicted octanol–water partition coefficient (Wildman–Crippen LogP) is 4.35. The van der Waals surface area contributed by atoms with Crippen LogP contribution < -0.4 is 5.32 Å². The van der Waals surface area contributed by atoms with Crippen molar-refractivity contribution in [2.45, 2.75) is 32.7 Å². The van der Waals surface area contributed by atoms with E-state index in [9.17, 15) is 4.79 Å². The minimum atomic E-state index is 0.0155. The molecule has 0 unspecified atom stereocenters. The van der Waals surface area contributed by atoms with Crippen molar-refractivity contribution in [3.63, 3.8) is 0 Å². The minimum Gasteiger partial charge on any atom is -0.361 e. The molecule has 0 aliphatic heterocycles. The first-order valence-electron chi connectivity index (χ1n) is 10.5. The summed E-state index contributed by atoms with van der Waals surface area (Å²) < 4.78 is 2.25. The monoisotopic (exact) mass is 403 g/mol. The summed E-state index contributed by atoms with van der Waals surface area (Å²) in [5.41, 5.74) is 5.11. The molecule has 0 atom stereocenters. The number of imidazole rings is 1. The Morgan fingerprint density at radius 3 is 2.87 bits per heavy atom. The maximum absolute atomic E-state index is 12.5. The van der Waals surface area contributed by atoms with Gasteiger partial charge in [-0.3, -0.25) is 4.79 Å². The van der Waals surface area contributed by atoms with Gasteiger partial charge in [-0.25, -0.2) is 4.98 Å². The molecule has 6 nitrogen and oxygen atoms in total. The molecule has 2 N–H and O–H groups in total. The summed E-state index contributed by atoms with van der Waals surface area (Å²) in [5, 5.41) is 4.21. The number of rotatable bonds is 8. The highest BCUT2D eigenvalue weighted by Gasteiger charge is 2.11. The molecule has 4 aromatic rings. The van der Waals surface area contributed by atoms with E-state index in [1.54, 1.807) is 0 Å². The number of H-pyrrole nitrogens is 1. The summed E-state index contributed by atoms with van der Waals surface area (Å²) in [5.74, 6) is 1.02. The molecule has 0 spiro atoms. The number of aromatic amines is 1. The van der Waals surface area contributed by atoms with E-state index >= 15 is 0 Å². The van der Waals surface area contributed by atoms with Gasteiger partial charge < -0.3 is 19.8 Å².